The van der Waals surface area contributed by atoms with Gasteiger partial charge in [-0.2, -0.15) is 12.8 Å². The summed E-state index contributed by atoms with van der Waals surface area (Å²) in [7, 11) is 0.542. The van der Waals surface area contributed by atoms with Crippen molar-refractivity contribution >= 4 is 33.6 Å². The second-order valence-electron chi connectivity index (χ2n) is 5.25. The summed E-state index contributed by atoms with van der Waals surface area (Å²) in [5, 5.41) is -0.445. The van der Waals surface area contributed by atoms with Crippen molar-refractivity contribution in [3.8, 4) is 0 Å². The van der Waals surface area contributed by atoms with E-state index in [1.165, 1.54) is 0 Å². The molecule has 1 N–H and O–H groups in total. The third-order valence-electron chi connectivity index (χ3n) is 3.52. The van der Waals surface area contributed by atoms with E-state index in [1.807, 2.05) is 0 Å². The molecule has 10 heteroatoms. The molecular weight excluding hydrogens is 378 g/mol. The molecule has 0 bridgehead atoms. The van der Waals surface area contributed by atoms with Gasteiger partial charge < -0.3 is 4.74 Å². The topological polar surface area (TPSA) is 105 Å². The van der Waals surface area contributed by atoms with E-state index in [4.69, 9.17) is 4.74 Å². The molecule has 0 aliphatic heterocycles. The fourth-order valence-electron chi connectivity index (χ4n) is 2.29. The number of amides is 2. The highest BCUT2D eigenvalue weighted by Crippen LogP contribution is 2.21. The number of nitrogens with one attached hydrogen (secondary N) is 1. The number of imide groups is 1. The van der Waals surface area contributed by atoms with Crippen molar-refractivity contribution in [1.82, 2.24) is 9.62 Å². The Morgan fingerprint density at radius 3 is 2.54 bits per heavy atom. The van der Waals surface area contributed by atoms with Crippen LogP contribution in [0, 0.1) is 0 Å². The molecule has 144 valence electrons. The number of unbranched alkanes of at least 4 members (excludes halogenated alkanes) is 1. The van der Waals surface area contributed by atoms with Crippen LogP contribution in [0.1, 0.15) is 24.3 Å². The summed E-state index contributed by atoms with van der Waals surface area (Å²) in [5.41, 5.74) is 0.607. The zero-order valence-electron chi connectivity index (χ0n) is 14.8. The Morgan fingerprint density at radius 2 is 1.96 bits per heavy atom. The predicted molar refractivity (Wildman–Crippen MR) is 100 cm³/mol. The summed E-state index contributed by atoms with van der Waals surface area (Å²) in [6.07, 6.45) is 1.28. The van der Waals surface area contributed by atoms with Gasteiger partial charge in [0.05, 0.1) is 12.5 Å². The molecule has 26 heavy (non-hydrogen) atoms. The Labute approximate surface area is 159 Å². The van der Waals surface area contributed by atoms with Crippen LogP contribution in [0.5, 0.6) is 0 Å². The average molecular weight is 402 g/mol. The zero-order chi connectivity index (χ0) is 19.4. The normalized spacial score (nSPS) is 11.6. The van der Waals surface area contributed by atoms with E-state index >= 15 is 0 Å². The lowest BCUT2D eigenvalue weighted by atomic mass is 9.98. The van der Waals surface area contributed by atoms with Gasteiger partial charge in [0.25, 0.3) is 0 Å². The lowest BCUT2D eigenvalue weighted by Crippen LogP contribution is -2.40. The Bertz CT molecular complexity index is 702. The maximum absolute atomic E-state index is 13.0. The SMILES string of the molecule is CNSC(=O)N(CCCCOC)C(=O)C(CN=S(=O)=O)c1ccccc1. The van der Waals surface area contributed by atoms with Crippen LogP contribution in [0.4, 0.5) is 4.79 Å². The monoisotopic (exact) mass is 401 g/mol. The molecule has 0 heterocycles. The molecule has 1 atom stereocenters. The van der Waals surface area contributed by atoms with E-state index in [0.29, 0.717) is 25.0 Å². The molecule has 1 rings (SSSR count). The highest BCUT2D eigenvalue weighted by atomic mass is 32.2. The van der Waals surface area contributed by atoms with Crippen LogP contribution in [0.3, 0.4) is 0 Å². The summed E-state index contributed by atoms with van der Waals surface area (Å²) in [4.78, 5) is 26.5. The Kier molecular flexibility index (Phi) is 10.8. The fourth-order valence-corrected chi connectivity index (χ4v) is 3.02. The maximum Gasteiger partial charge on any atom is 0.311 e. The Balaban J connectivity index is 3.06. The first-order valence-electron chi connectivity index (χ1n) is 8.01. The molecule has 2 amide bonds. The van der Waals surface area contributed by atoms with Gasteiger partial charge in [-0.1, -0.05) is 30.3 Å². The zero-order valence-corrected chi connectivity index (χ0v) is 16.4. The minimum atomic E-state index is -2.63. The van der Waals surface area contributed by atoms with Crippen LogP contribution in [0.2, 0.25) is 0 Å². The molecule has 0 spiro atoms. The number of carbonyl (C=O) groups excluding carboxylic acids is 2. The summed E-state index contributed by atoms with van der Waals surface area (Å²) >= 11 is 0.801. The highest BCUT2D eigenvalue weighted by Gasteiger charge is 2.30. The first-order chi connectivity index (χ1) is 12.5. The van der Waals surface area contributed by atoms with Crippen molar-refractivity contribution < 1.29 is 22.7 Å². The number of nitrogens with zero attached hydrogens (tertiary/aromatic N) is 2. The molecule has 0 aliphatic carbocycles. The van der Waals surface area contributed by atoms with Gasteiger partial charge >= 0.3 is 15.7 Å². The first-order valence-corrected chi connectivity index (χ1v) is 9.85. The highest BCUT2D eigenvalue weighted by molar-refractivity contribution is 8.11. The van der Waals surface area contributed by atoms with Gasteiger partial charge in [0.2, 0.25) is 5.91 Å². The lowest BCUT2D eigenvalue weighted by molar-refractivity contribution is -0.129. The van der Waals surface area contributed by atoms with E-state index < -0.39 is 27.6 Å². The Morgan fingerprint density at radius 1 is 1.27 bits per heavy atom. The third kappa shape index (κ3) is 7.65. The summed E-state index contributed by atoms with van der Waals surface area (Å²) in [5.74, 6) is -1.33. The number of hydrogen-bond acceptors (Lipinski definition) is 8. The summed E-state index contributed by atoms with van der Waals surface area (Å²) in [6, 6.07) is 8.71. The van der Waals surface area contributed by atoms with Crippen molar-refractivity contribution in [3.63, 3.8) is 0 Å². The lowest BCUT2D eigenvalue weighted by Gasteiger charge is -2.24. The third-order valence-corrected chi connectivity index (χ3v) is 4.48. The molecule has 0 aromatic heterocycles. The minimum absolute atomic E-state index is 0.222. The van der Waals surface area contributed by atoms with E-state index in [1.54, 1.807) is 44.5 Å². The van der Waals surface area contributed by atoms with E-state index in [0.717, 1.165) is 16.8 Å². The van der Waals surface area contributed by atoms with E-state index in [9.17, 15) is 18.0 Å². The molecule has 1 unspecified atom stereocenters. The molecule has 8 nitrogen and oxygen atoms in total. The predicted octanol–water partition coefficient (Wildman–Crippen LogP) is 2.08. The van der Waals surface area contributed by atoms with Crippen molar-refractivity contribution in [2.45, 2.75) is 18.8 Å². The molecule has 0 aliphatic rings. The number of benzene rings is 1. The van der Waals surface area contributed by atoms with Gasteiger partial charge in [-0.15, -0.1) is 0 Å². The number of ether oxygens (including phenoxy) is 1. The van der Waals surface area contributed by atoms with Crippen molar-refractivity contribution in [2.24, 2.45) is 4.36 Å². The van der Waals surface area contributed by atoms with Gasteiger partial charge in [0.1, 0.15) is 0 Å². The fraction of sp³-hybridized carbons (Fsp3) is 0.500. The van der Waals surface area contributed by atoms with Crippen LogP contribution >= 0.6 is 11.9 Å². The number of carbonyl (C=O) groups is 2. The standard InChI is InChI=1S/C16H23N3O5S2/c1-17-25-16(21)19(10-6-7-11-24-2)15(20)14(12-18-26(22)23)13-8-4-3-5-9-13/h3-5,8-9,14,17H,6-7,10-12H2,1-2H3. The quantitative estimate of drug-likeness (QED) is 0.473. The van der Waals surface area contributed by atoms with Crippen LogP contribution in [-0.4, -0.2) is 58.3 Å². The minimum Gasteiger partial charge on any atom is -0.385 e. The van der Waals surface area contributed by atoms with Gasteiger partial charge in [-0.3, -0.25) is 19.2 Å². The number of rotatable bonds is 10. The van der Waals surface area contributed by atoms with Crippen molar-refractivity contribution in [2.75, 3.05) is 33.9 Å². The molecule has 0 radical (unpaired) electrons. The van der Waals surface area contributed by atoms with Gasteiger partial charge in [-0.25, -0.2) is 0 Å². The molecule has 0 saturated heterocycles. The van der Waals surface area contributed by atoms with Crippen LogP contribution in [0.15, 0.2) is 34.7 Å². The summed E-state index contributed by atoms with van der Waals surface area (Å²) in [6.45, 7) is 0.506. The molecular formula is C16H23N3O5S2. The largest absolute Gasteiger partial charge is 0.385 e. The van der Waals surface area contributed by atoms with E-state index in [-0.39, 0.29) is 13.1 Å². The van der Waals surface area contributed by atoms with Crippen molar-refractivity contribution in [3.05, 3.63) is 35.9 Å². The van der Waals surface area contributed by atoms with Crippen LogP contribution < -0.4 is 4.72 Å². The molecule has 1 aromatic rings. The molecule has 0 saturated carbocycles. The molecule has 1 aromatic carbocycles. The smallest absolute Gasteiger partial charge is 0.311 e. The van der Waals surface area contributed by atoms with Gasteiger partial charge in [0.15, 0.2) is 0 Å². The molecule has 0 fully saturated rings. The second kappa shape index (κ2) is 12.6. The van der Waals surface area contributed by atoms with Crippen molar-refractivity contribution in [1.29, 1.82) is 0 Å². The Hall–Kier alpha value is -1.75. The average Bonchev–Trinajstić information content (AvgIpc) is 2.62. The number of methoxy groups -OCH3 is 1. The van der Waals surface area contributed by atoms with Gasteiger partial charge in [-0.05, 0) is 25.5 Å². The van der Waals surface area contributed by atoms with Gasteiger partial charge in [0, 0.05) is 32.2 Å². The van der Waals surface area contributed by atoms with E-state index in [2.05, 4.69) is 9.08 Å². The first kappa shape index (κ1) is 22.3. The maximum atomic E-state index is 13.0. The number of hydrogen-bond donors (Lipinski definition) is 1. The second-order valence-corrected chi connectivity index (χ2v) is 6.91. The van der Waals surface area contributed by atoms with Crippen LogP contribution in [-0.2, 0) is 20.0 Å². The van der Waals surface area contributed by atoms with Crippen LogP contribution in [0.25, 0.3) is 0 Å². The summed E-state index contributed by atoms with van der Waals surface area (Å²) < 4.78 is 32.7.